The van der Waals surface area contributed by atoms with Crippen molar-refractivity contribution >= 4 is 35.2 Å². The number of benzene rings is 2. The molecule has 1 saturated heterocycles. The van der Waals surface area contributed by atoms with E-state index in [2.05, 4.69) is 5.32 Å². The Kier molecular flexibility index (Phi) is 8.46. The van der Waals surface area contributed by atoms with Crippen LogP contribution < -0.4 is 15.0 Å². The first-order chi connectivity index (χ1) is 16.7. The van der Waals surface area contributed by atoms with Crippen molar-refractivity contribution in [1.29, 1.82) is 0 Å². The zero-order valence-corrected chi connectivity index (χ0v) is 20.4. The number of hydrogen-bond acceptors (Lipinski definition) is 6. The first-order valence-corrected chi connectivity index (χ1v) is 11.6. The summed E-state index contributed by atoms with van der Waals surface area (Å²) < 4.78 is 10.1. The van der Waals surface area contributed by atoms with Crippen LogP contribution in [0, 0.1) is 5.92 Å². The largest absolute Gasteiger partial charge is 0.497 e. The molecule has 1 atom stereocenters. The highest BCUT2D eigenvalue weighted by molar-refractivity contribution is 6.22. The van der Waals surface area contributed by atoms with Crippen molar-refractivity contribution in [3.63, 3.8) is 0 Å². The standard InChI is InChI=1S/C26H31N3O6/c1-5-35-25(32)18-6-8-19(9-7-18)27-23(30)16-22-24(31)29(20-10-12-21(34-4)13-11-20)26(33)28(22)15-14-17(2)3/h6-13,17,22H,5,14-16H2,1-4H3,(H,27,30). The summed E-state index contributed by atoms with van der Waals surface area (Å²) in [6.45, 7) is 6.42. The van der Waals surface area contributed by atoms with Crippen LogP contribution in [0.15, 0.2) is 48.5 Å². The highest BCUT2D eigenvalue weighted by Gasteiger charge is 2.46. The van der Waals surface area contributed by atoms with Crippen molar-refractivity contribution in [2.45, 2.75) is 39.7 Å². The molecule has 0 aliphatic carbocycles. The van der Waals surface area contributed by atoms with Crippen LogP contribution in [0.5, 0.6) is 5.75 Å². The summed E-state index contributed by atoms with van der Waals surface area (Å²) in [5, 5.41) is 2.74. The van der Waals surface area contributed by atoms with Gasteiger partial charge in [0.05, 0.1) is 31.4 Å². The number of imide groups is 1. The highest BCUT2D eigenvalue weighted by Crippen LogP contribution is 2.29. The molecule has 1 fully saturated rings. The fraction of sp³-hybridized carbons (Fsp3) is 0.385. The van der Waals surface area contributed by atoms with Gasteiger partial charge in [-0.25, -0.2) is 14.5 Å². The molecule has 3 rings (SSSR count). The number of carbonyl (C=O) groups is 4. The number of urea groups is 1. The maximum absolute atomic E-state index is 13.3. The molecule has 1 aliphatic heterocycles. The molecule has 0 aromatic heterocycles. The fourth-order valence-electron chi connectivity index (χ4n) is 3.75. The molecule has 1 N–H and O–H groups in total. The lowest BCUT2D eigenvalue weighted by atomic mass is 10.1. The number of methoxy groups -OCH3 is 1. The molecule has 2 aromatic rings. The monoisotopic (exact) mass is 481 g/mol. The second-order valence-corrected chi connectivity index (χ2v) is 8.60. The number of amides is 4. The Morgan fingerprint density at radius 3 is 2.26 bits per heavy atom. The Morgan fingerprint density at radius 1 is 1.03 bits per heavy atom. The van der Waals surface area contributed by atoms with Crippen LogP contribution >= 0.6 is 0 Å². The van der Waals surface area contributed by atoms with Gasteiger partial charge >= 0.3 is 12.0 Å². The minimum Gasteiger partial charge on any atom is -0.497 e. The fourth-order valence-corrected chi connectivity index (χ4v) is 3.75. The number of hydrogen-bond donors (Lipinski definition) is 1. The molecule has 4 amide bonds. The van der Waals surface area contributed by atoms with E-state index < -0.39 is 29.9 Å². The van der Waals surface area contributed by atoms with Gasteiger partial charge in [0.1, 0.15) is 11.8 Å². The molecule has 0 spiro atoms. The molecule has 186 valence electrons. The summed E-state index contributed by atoms with van der Waals surface area (Å²) in [6.07, 6.45) is 0.512. The molecular weight excluding hydrogens is 450 g/mol. The van der Waals surface area contributed by atoms with Crippen molar-refractivity contribution in [2.75, 3.05) is 30.5 Å². The molecule has 9 heteroatoms. The number of ether oxygens (including phenoxy) is 2. The molecule has 2 aromatic carbocycles. The third kappa shape index (κ3) is 6.17. The van der Waals surface area contributed by atoms with Gasteiger partial charge in [0.15, 0.2) is 0 Å². The van der Waals surface area contributed by atoms with E-state index in [1.54, 1.807) is 55.5 Å². The second kappa shape index (κ2) is 11.5. The van der Waals surface area contributed by atoms with Crippen LogP contribution in [0.25, 0.3) is 0 Å². The van der Waals surface area contributed by atoms with E-state index in [-0.39, 0.29) is 13.0 Å². The highest BCUT2D eigenvalue weighted by atomic mass is 16.5. The van der Waals surface area contributed by atoms with Crippen molar-refractivity contribution in [3.8, 4) is 5.75 Å². The lowest BCUT2D eigenvalue weighted by molar-refractivity contribution is -0.124. The SMILES string of the molecule is CCOC(=O)c1ccc(NC(=O)CC2C(=O)N(c3ccc(OC)cc3)C(=O)N2CCC(C)C)cc1. The molecule has 0 bridgehead atoms. The number of carbonyl (C=O) groups excluding carboxylic acids is 4. The molecule has 1 unspecified atom stereocenters. The van der Waals surface area contributed by atoms with Crippen LogP contribution in [0.1, 0.15) is 44.0 Å². The Hall–Kier alpha value is -3.88. The first kappa shape index (κ1) is 25.7. The van der Waals surface area contributed by atoms with Crippen LogP contribution in [-0.2, 0) is 14.3 Å². The van der Waals surface area contributed by atoms with Gasteiger partial charge in [0.25, 0.3) is 5.91 Å². The smallest absolute Gasteiger partial charge is 0.338 e. The lowest BCUT2D eigenvalue weighted by Gasteiger charge is -2.22. The van der Waals surface area contributed by atoms with Crippen LogP contribution in [0.3, 0.4) is 0 Å². The predicted octanol–water partition coefficient (Wildman–Crippen LogP) is 4.08. The van der Waals surface area contributed by atoms with Crippen LogP contribution in [0.4, 0.5) is 16.2 Å². The molecule has 35 heavy (non-hydrogen) atoms. The summed E-state index contributed by atoms with van der Waals surface area (Å²) in [6, 6.07) is 11.6. The average molecular weight is 482 g/mol. The van der Waals surface area contributed by atoms with E-state index in [1.807, 2.05) is 13.8 Å². The van der Waals surface area contributed by atoms with Crippen molar-refractivity contribution in [1.82, 2.24) is 4.90 Å². The molecule has 0 saturated carbocycles. The minimum absolute atomic E-state index is 0.186. The number of nitrogens with one attached hydrogen (secondary N) is 1. The van der Waals surface area contributed by atoms with E-state index in [1.165, 1.54) is 12.0 Å². The quantitative estimate of drug-likeness (QED) is 0.405. The zero-order valence-electron chi connectivity index (χ0n) is 20.4. The van der Waals surface area contributed by atoms with E-state index in [4.69, 9.17) is 9.47 Å². The molecular formula is C26H31N3O6. The Morgan fingerprint density at radius 2 is 1.69 bits per heavy atom. The maximum atomic E-state index is 13.3. The topological polar surface area (TPSA) is 105 Å². The van der Waals surface area contributed by atoms with Gasteiger partial charge in [0.2, 0.25) is 5.91 Å². The summed E-state index contributed by atoms with van der Waals surface area (Å²) in [4.78, 5) is 53.7. The van der Waals surface area contributed by atoms with Gasteiger partial charge < -0.3 is 19.7 Å². The normalized spacial score (nSPS) is 15.5. The van der Waals surface area contributed by atoms with Crippen LogP contribution in [0.2, 0.25) is 0 Å². The first-order valence-electron chi connectivity index (χ1n) is 11.6. The number of rotatable bonds is 10. The number of esters is 1. The lowest BCUT2D eigenvalue weighted by Crippen LogP contribution is -2.39. The van der Waals surface area contributed by atoms with Gasteiger partial charge in [-0.05, 0) is 67.8 Å². The van der Waals surface area contributed by atoms with E-state index in [9.17, 15) is 19.2 Å². The average Bonchev–Trinajstić information content (AvgIpc) is 3.06. The Labute approximate surface area is 205 Å². The Balaban J connectivity index is 1.75. The second-order valence-electron chi connectivity index (χ2n) is 8.60. The summed E-state index contributed by atoms with van der Waals surface area (Å²) in [5.74, 6) is -0.377. The van der Waals surface area contributed by atoms with E-state index in [0.29, 0.717) is 41.6 Å². The summed E-state index contributed by atoms with van der Waals surface area (Å²) in [7, 11) is 1.54. The zero-order chi connectivity index (χ0) is 25.5. The van der Waals surface area contributed by atoms with E-state index in [0.717, 1.165) is 4.90 Å². The molecule has 1 aliphatic rings. The number of nitrogens with zero attached hydrogens (tertiary/aromatic N) is 2. The van der Waals surface area contributed by atoms with Gasteiger partial charge in [-0.3, -0.25) is 9.59 Å². The third-order valence-electron chi connectivity index (χ3n) is 5.66. The van der Waals surface area contributed by atoms with Crippen molar-refractivity contribution in [3.05, 3.63) is 54.1 Å². The predicted molar refractivity (Wildman–Crippen MR) is 131 cm³/mol. The minimum atomic E-state index is -0.915. The van der Waals surface area contributed by atoms with E-state index >= 15 is 0 Å². The molecule has 1 heterocycles. The van der Waals surface area contributed by atoms with Crippen molar-refractivity contribution in [2.24, 2.45) is 5.92 Å². The summed E-state index contributed by atoms with van der Waals surface area (Å²) in [5.41, 5.74) is 1.27. The third-order valence-corrected chi connectivity index (χ3v) is 5.66. The number of anilines is 2. The Bertz CT molecular complexity index is 1070. The summed E-state index contributed by atoms with van der Waals surface area (Å²) >= 11 is 0. The van der Waals surface area contributed by atoms with Gasteiger partial charge in [-0.2, -0.15) is 0 Å². The van der Waals surface area contributed by atoms with Gasteiger partial charge in [-0.15, -0.1) is 0 Å². The van der Waals surface area contributed by atoms with Gasteiger partial charge in [0, 0.05) is 12.2 Å². The molecule has 0 radical (unpaired) electrons. The molecule has 9 nitrogen and oxygen atoms in total. The van der Waals surface area contributed by atoms with Gasteiger partial charge in [-0.1, -0.05) is 13.8 Å². The van der Waals surface area contributed by atoms with Crippen LogP contribution in [-0.4, -0.2) is 55.0 Å². The van der Waals surface area contributed by atoms with Crippen molar-refractivity contribution < 1.29 is 28.7 Å². The maximum Gasteiger partial charge on any atom is 0.338 e.